The van der Waals surface area contributed by atoms with Crippen molar-refractivity contribution in [2.75, 3.05) is 6.54 Å². The standard InChI is InChI=1S/C32H45N3O4/c1-8-15-23(4)33-29(36)28(26-19-14-18-24(10-3)21-26)35(20-9-2)30(37)27(22-25-16-12-11-13-17-25)34-31(38)39-32(5,6)7/h10-14,16-19,21,23,27-28H,3,8-9,15,20,22H2,1-2,4-7H3,(H,33,36)(H,34,38). The van der Waals surface area contributed by atoms with Gasteiger partial charge in [0.15, 0.2) is 0 Å². The predicted molar refractivity (Wildman–Crippen MR) is 157 cm³/mol. The van der Waals surface area contributed by atoms with Crippen molar-refractivity contribution >= 4 is 24.0 Å². The molecule has 7 nitrogen and oxygen atoms in total. The zero-order valence-electron chi connectivity index (χ0n) is 24.3. The first-order chi connectivity index (χ1) is 18.5. The lowest BCUT2D eigenvalue weighted by Gasteiger charge is -2.35. The highest BCUT2D eigenvalue weighted by Crippen LogP contribution is 2.25. The molecule has 0 aliphatic rings. The van der Waals surface area contributed by atoms with Crippen LogP contribution in [0.15, 0.2) is 61.2 Å². The van der Waals surface area contributed by atoms with Crippen molar-refractivity contribution in [1.29, 1.82) is 0 Å². The second-order valence-electron chi connectivity index (χ2n) is 10.9. The largest absolute Gasteiger partial charge is 0.444 e. The van der Waals surface area contributed by atoms with Gasteiger partial charge in [-0.15, -0.1) is 0 Å². The van der Waals surface area contributed by atoms with Crippen LogP contribution in [0.5, 0.6) is 0 Å². The first-order valence-electron chi connectivity index (χ1n) is 13.9. The van der Waals surface area contributed by atoms with Gasteiger partial charge in [0.05, 0.1) is 0 Å². The number of hydrogen-bond acceptors (Lipinski definition) is 4. The van der Waals surface area contributed by atoms with Crippen LogP contribution >= 0.6 is 0 Å². The lowest BCUT2D eigenvalue weighted by Crippen LogP contribution is -2.54. The maximum atomic E-state index is 14.3. The van der Waals surface area contributed by atoms with Crippen LogP contribution < -0.4 is 10.6 Å². The average molecular weight is 536 g/mol. The molecule has 0 radical (unpaired) electrons. The van der Waals surface area contributed by atoms with E-state index in [0.29, 0.717) is 18.5 Å². The number of ether oxygens (including phenoxy) is 1. The maximum absolute atomic E-state index is 14.3. The van der Waals surface area contributed by atoms with E-state index >= 15 is 0 Å². The molecule has 0 bridgehead atoms. The molecule has 2 N–H and O–H groups in total. The Morgan fingerprint density at radius 1 is 1.00 bits per heavy atom. The van der Waals surface area contributed by atoms with Crippen molar-refractivity contribution in [3.63, 3.8) is 0 Å². The Morgan fingerprint density at radius 2 is 1.69 bits per heavy atom. The third-order valence-corrected chi connectivity index (χ3v) is 6.15. The van der Waals surface area contributed by atoms with Crippen LogP contribution in [0.25, 0.3) is 6.08 Å². The molecule has 0 saturated carbocycles. The fourth-order valence-corrected chi connectivity index (χ4v) is 4.46. The van der Waals surface area contributed by atoms with Gasteiger partial charge in [-0.3, -0.25) is 9.59 Å². The number of amides is 3. The minimum Gasteiger partial charge on any atom is -0.444 e. The Morgan fingerprint density at radius 3 is 2.28 bits per heavy atom. The highest BCUT2D eigenvalue weighted by atomic mass is 16.6. The van der Waals surface area contributed by atoms with Crippen molar-refractivity contribution in [3.8, 4) is 0 Å². The minimum atomic E-state index is -0.931. The molecule has 3 atom stereocenters. The summed E-state index contributed by atoms with van der Waals surface area (Å²) in [6.07, 6.45) is 3.67. The quantitative estimate of drug-likeness (QED) is 0.327. The molecule has 0 spiro atoms. The van der Waals surface area contributed by atoms with Crippen molar-refractivity contribution in [2.45, 2.75) is 91.0 Å². The third-order valence-electron chi connectivity index (χ3n) is 6.15. The van der Waals surface area contributed by atoms with E-state index < -0.39 is 23.8 Å². The van der Waals surface area contributed by atoms with Gasteiger partial charge in [-0.25, -0.2) is 4.79 Å². The highest BCUT2D eigenvalue weighted by Gasteiger charge is 2.36. The average Bonchev–Trinajstić information content (AvgIpc) is 2.87. The first kappa shape index (κ1) is 31.6. The van der Waals surface area contributed by atoms with Gasteiger partial charge < -0.3 is 20.3 Å². The molecule has 0 aromatic heterocycles. The van der Waals surface area contributed by atoms with E-state index in [-0.39, 0.29) is 24.3 Å². The molecule has 2 rings (SSSR count). The molecule has 0 aliphatic heterocycles. The van der Waals surface area contributed by atoms with Crippen LogP contribution in [0.1, 0.15) is 83.5 Å². The molecular weight excluding hydrogens is 490 g/mol. The van der Waals surface area contributed by atoms with Gasteiger partial charge >= 0.3 is 6.09 Å². The van der Waals surface area contributed by atoms with Crippen LogP contribution in [0.4, 0.5) is 4.79 Å². The van der Waals surface area contributed by atoms with Gasteiger partial charge in [0, 0.05) is 19.0 Å². The van der Waals surface area contributed by atoms with E-state index in [1.54, 1.807) is 31.7 Å². The first-order valence-corrected chi connectivity index (χ1v) is 13.9. The second kappa shape index (κ2) is 15.1. The maximum Gasteiger partial charge on any atom is 0.408 e. The number of alkyl carbamates (subject to hydrolysis) is 1. The number of nitrogens with one attached hydrogen (secondary N) is 2. The highest BCUT2D eigenvalue weighted by molar-refractivity contribution is 5.92. The topological polar surface area (TPSA) is 87.7 Å². The Balaban J connectivity index is 2.54. The zero-order valence-corrected chi connectivity index (χ0v) is 24.3. The van der Waals surface area contributed by atoms with Gasteiger partial charge in [-0.2, -0.15) is 0 Å². The SMILES string of the molecule is C=Cc1cccc(C(C(=O)NC(C)CCC)N(CCC)C(=O)C(Cc2ccccc2)NC(=O)OC(C)(C)C)c1. The summed E-state index contributed by atoms with van der Waals surface area (Å²) in [7, 11) is 0. The smallest absolute Gasteiger partial charge is 0.408 e. The summed E-state index contributed by atoms with van der Waals surface area (Å²) in [5.41, 5.74) is 1.69. The van der Waals surface area contributed by atoms with Crippen LogP contribution in [0, 0.1) is 0 Å². The molecular formula is C32H45N3O4. The summed E-state index contributed by atoms with van der Waals surface area (Å²) in [5, 5.41) is 5.89. The van der Waals surface area contributed by atoms with E-state index in [9.17, 15) is 14.4 Å². The van der Waals surface area contributed by atoms with Crippen LogP contribution in [-0.2, 0) is 20.7 Å². The number of carbonyl (C=O) groups excluding carboxylic acids is 3. The Kier molecular flexibility index (Phi) is 12.2. The Bertz CT molecular complexity index is 1090. The number of benzene rings is 2. The summed E-state index contributed by atoms with van der Waals surface area (Å²) >= 11 is 0. The molecule has 0 aliphatic carbocycles. The van der Waals surface area contributed by atoms with Crippen molar-refractivity contribution < 1.29 is 19.1 Å². The van der Waals surface area contributed by atoms with Gasteiger partial charge in [-0.1, -0.05) is 81.5 Å². The number of hydrogen-bond donors (Lipinski definition) is 2. The number of rotatable bonds is 13. The molecule has 212 valence electrons. The van der Waals surface area contributed by atoms with Crippen molar-refractivity contribution in [3.05, 3.63) is 77.9 Å². The summed E-state index contributed by atoms with van der Waals surface area (Å²) in [6, 6.07) is 15.1. The summed E-state index contributed by atoms with van der Waals surface area (Å²) in [6.45, 7) is 15.5. The van der Waals surface area contributed by atoms with Crippen molar-refractivity contribution in [2.24, 2.45) is 0 Å². The molecule has 2 aromatic rings. The molecule has 3 unspecified atom stereocenters. The van der Waals surface area contributed by atoms with Crippen LogP contribution in [-0.4, -0.2) is 47.0 Å². The Hall–Kier alpha value is -3.61. The van der Waals surface area contributed by atoms with Gasteiger partial charge in [0.2, 0.25) is 11.8 Å². The number of carbonyl (C=O) groups is 3. The molecule has 0 heterocycles. The normalized spacial score (nSPS) is 13.5. The summed E-state index contributed by atoms with van der Waals surface area (Å²) in [4.78, 5) is 42.5. The van der Waals surface area contributed by atoms with Crippen LogP contribution in [0.3, 0.4) is 0 Å². The summed E-state index contributed by atoms with van der Waals surface area (Å²) in [5.74, 6) is -0.603. The van der Waals surface area contributed by atoms with E-state index in [1.165, 1.54) is 0 Å². The lowest BCUT2D eigenvalue weighted by atomic mass is 9.98. The van der Waals surface area contributed by atoms with Gasteiger partial charge in [0.1, 0.15) is 17.7 Å². The summed E-state index contributed by atoms with van der Waals surface area (Å²) < 4.78 is 5.49. The van der Waals surface area contributed by atoms with E-state index in [2.05, 4.69) is 24.1 Å². The van der Waals surface area contributed by atoms with Gasteiger partial charge in [-0.05, 0) is 63.3 Å². The molecule has 39 heavy (non-hydrogen) atoms. The second-order valence-corrected chi connectivity index (χ2v) is 10.9. The molecule has 2 aromatic carbocycles. The fraction of sp³-hybridized carbons (Fsp3) is 0.469. The van der Waals surface area contributed by atoms with E-state index in [4.69, 9.17) is 4.74 Å². The fourth-order valence-electron chi connectivity index (χ4n) is 4.46. The molecule has 0 fully saturated rings. The van der Waals surface area contributed by atoms with E-state index in [0.717, 1.165) is 24.0 Å². The van der Waals surface area contributed by atoms with Crippen molar-refractivity contribution in [1.82, 2.24) is 15.5 Å². The predicted octanol–water partition coefficient (Wildman–Crippen LogP) is 6.05. The van der Waals surface area contributed by atoms with E-state index in [1.807, 2.05) is 68.4 Å². The molecule has 0 saturated heterocycles. The Labute approximate surface area is 234 Å². The molecule has 7 heteroatoms. The minimum absolute atomic E-state index is 0.0498. The molecule has 3 amide bonds. The lowest BCUT2D eigenvalue weighted by molar-refractivity contribution is -0.142. The zero-order chi connectivity index (χ0) is 29.0. The number of nitrogens with zero attached hydrogens (tertiary/aromatic N) is 1. The monoisotopic (exact) mass is 535 g/mol. The third kappa shape index (κ3) is 10.2. The van der Waals surface area contributed by atoms with Crippen LogP contribution in [0.2, 0.25) is 0 Å². The van der Waals surface area contributed by atoms with Gasteiger partial charge in [0.25, 0.3) is 0 Å².